The van der Waals surface area contributed by atoms with Crippen molar-refractivity contribution in [1.82, 2.24) is 20.0 Å². The molecule has 0 saturated heterocycles. The summed E-state index contributed by atoms with van der Waals surface area (Å²) in [7, 11) is 0. The summed E-state index contributed by atoms with van der Waals surface area (Å²) in [5.41, 5.74) is 2.55. The summed E-state index contributed by atoms with van der Waals surface area (Å²) in [5, 5.41) is 16.3. The number of aryl methyl sites for hydroxylation is 1. The second kappa shape index (κ2) is 4.32. The van der Waals surface area contributed by atoms with Crippen LogP contribution < -0.4 is 0 Å². The van der Waals surface area contributed by atoms with Crippen molar-refractivity contribution in [2.45, 2.75) is 20.4 Å². The summed E-state index contributed by atoms with van der Waals surface area (Å²) in [4.78, 5) is 14.9. The maximum Gasteiger partial charge on any atom is 0.358 e. The monoisotopic (exact) mass is 232 g/mol. The van der Waals surface area contributed by atoms with E-state index in [1.165, 1.54) is 0 Å². The molecule has 0 aliphatic heterocycles. The van der Waals surface area contributed by atoms with Crippen molar-refractivity contribution in [1.29, 1.82) is 0 Å². The molecule has 0 unspecified atom stereocenters. The average molecular weight is 232 g/mol. The number of aromatic nitrogens is 4. The molecule has 2 aromatic rings. The van der Waals surface area contributed by atoms with Gasteiger partial charge in [-0.15, -0.1) is 5.10 Å². The van der Waals surface area contributed by atoms with E-state index in [0.29, 0.717) is 12.2 Å². The lowest BCUT2D eigenvalue weighted by Gasteiger charge is -2.03. The summed E-state index contributed by atoms with van der Waals surface area (Å²) < 4.78 is 1.56. The van der Waals surface area contributed by atoms with Crippen LogP contribution in [0.2, 0.25) is 0 Å². The van der Waals surface area contributed by atoms with Crippen LogP contribution in [0.5, 0.6) is 0 Å². The molecule has 0 atom stereocenters. The normalized spacial score (nSPS) is 10.5. The fourth-order valence-electron chi connectivity index (χ4n) is 1.59. The zero-order chi connectivity index (χ0) is 12.4. The largest absolute Gasteiger partial charge is 0.476 e. The van der Waals surface area contributed by atoms with E-state index in [-0.39, 0.29) is 5.69 Å². The summed E-state index contributed by atoms with van der Waals surface area (Å²) in [5.74, 6) is -1.06. The van der Waals surface area contributed by atoms with Gasteiger partial charge in [0.15, 0.2) is 5.69 Å². The van der Waals surface area contributed by atoms with Gasteiger partial charge in [-0.2, -0.15) is 0 Å². The number of nitrogens with zero attached hydrogens (tertiary/aromatic N) is 4. The molecule has 2 rings (SSSR count). The summed E-state index contributed by atoms with van der Waals surface area (Å²) in [6.07, 6.45) is 3.49. The smallest absolute Gasteiger partial charge is 0.358 e. The van der Waals surface area contributed by atoms with Gasteiger partial charge in [0.1, 0.15) is 0 Å². The van der Waals surface area contributed by atoms with Crippen molar-refractivity contribution >= 4 is 5.97 Å². The molecule has 2 aromatic heterocycles. The lowest BCUT2D eigenvalue weighted by Crippen LogP contribution is -2.06. The zero-order valence-electron chi connectivity index (χ0n) is 9.58. The van der Waals surface area contributed by atoms with Gasteiger partial charge in [-0.1, -0.05) is 11.3 Å². The molecule has 0 aromatic carbocycles. The van der Waals surface area contributed by atoms with Gasteiger partial charge < -0.3 is 5.11 Å². The van der Waals surface area contributed by atoms with Crippen molar-refractivity contribution in [3.05, 3.63) is 41.0 Å². The summed E-state index contributed by atoms with van der Waals surface area (Å²) >= 11 is 0. The second-order valence-electron chi connectivity index (χ2n) is 3.86. The number of carboxylic acids is 1. The third-order valence-electron chi connectivity index (χ3n) is 2.45. The Morgan fingerprint density at radius 2 is 2.18 bits per heavy atom. The van der Waals surface area contributed by atoms with Crippen LogP contribution in [0.1, 0.15) is 27.3 Å². The molecule has 0 bridgehead atoms. The van der Waals surface area contributed by atoms with Gasteiger partial charge >= 0.3 is 5.97 Å². The Morgan fingerprint density at radius 3 is 2.76 bits per heavy atom. The van der Waals surface area contributed by atoms with Gasteiger partial charge in [0, 0.05) is 12.4 Å². The predicted octanol–water partition coefficient (Wildman–Crippen LogP) is 1.04. The van der Waals surface area contributed by atoms with E-state index in [4.69, 9.17) is 5.11 Å². The van der Waals surface area contributed by atoms with E-state index >= 15 is 0 Å². The van der Waals surface area contributed by atoms with Gasteiger partial charge in [-0.25, -0.2) is 9.48 Å². The van der Waals surface area contributed by atoms with Gasteiger partial charge in [-0.3, -0.25) is 4.98 Å². The van der Waals surface area contributed by atoms with E-state index in [1.807, 2.05) is 13.0 Å². The Balaban J connectivity index is 2.28. The molecular formula is C11H12N4O2. The van der Waals surface area contributed by atoms with Crippen LogP contribution in [0.25, 0.3) is 0 Å². The van der Waals surface area contributed by atoms with Gasteiger partial charge in [0.2, 0.25) is 0 Å². The lowest BCUT2D eigenvalue weighted by molar-refractivity contribution is 0.0689. The third kappa shape index (κ3) is 2.30. The highest BCUT2D eigenvalue weighted by Crippen LogP contribution is 2.08. The number of rotatable bonds is 3. The van der Waals surface area contributed by atoms with Crippen LogP contribution in [0.15, 0.2) is 18.5 Å². The number of hydrogen-bond donors (Lipinski definition) is 1. The maximum atomic E-state index is 10.8. The first kappa shape index (κ1) is 11.3. The number of hydrogen-bond acceptors (Lipinski definition) is 4. The van der Waals surface area contributed by atoms with Gasteiger partial charge in [0.25, 0.3) is 0 Å². The highest BCUT2D eigenvalue weighted by molar-refractivity contribution is 5.86. The molecule has 2 heterocycles. The minimum absolute atomic E-state index is 0.00869. The molecular weight excluding hydrogens is 220 g/mol. The number of carboxylic acid groups (broad SMARTS) is 1. The van der Waals surface area contributed by atoms with E-state index in [2.05, 4.69) is 15.3 Å². The molecule has 0 amide bonds. The summed E-state index contributed by atoms with van der Waals surface area (Å²) in [6.45, 7) is 4.11. The summed E-state index contributed by atoms with van der Waals surface area (Å²) in [6, 6.07) is 1.98. The van der Waals surface area contributed by atoms with Crippen molar-refractivity contribution < 1.29 is 9.90 Å². The molecule has 0 aliphatic carbocycles. The van der Waals surface area contributed by atoms with E-state index in [9.17, 15) is 4.79 Å². The van der Waals surface area contributed by atoms with Crippen LogP contribution in [0, 0.1) is 13.8 Å². The number of aromatic carboxylic acids is 1. The Bertz CT molecular complexity index is 562. The van der Waals surface area contributed by atoms with Crippen LogP contribution in [-0.2, 0) is 6.54 Å². The van der Waals surface area contributed by atoms with Crippen molar-refractivity contribution in [2.75, 3.05) is 0 Å². The fraction of sp³-hybridized carbons (Fsp3) is 0.273. The van der Waals surface area contributed by atoms with Crippen LogP contribution in [0.4, 0.5) is 0 Å². The molecule has 17 heavy (non-hydrogen) atoms. The first-order chi connectivity index (χ1) is 8.08. The minimum Gasteiger partial charge on any atom is -0.476 e. The number of pyridine rings is 1. The maximum absolute atomic E-state index is 10.8. The topological polar surface area (TPSA) is 80.9 Å². The first-order valence-electron chi connectivity index (χ1n) is 5.12. The van der Waals surface area contributed by atoms with Crippen molar-refractivity contribution in [3.8, 4) is 0 Å². The quantitative estimate of drug-likeness (QED) is 0.855. The number of carbonyl (C=O) groups is 1. The van der Waals surface area contributed by atoms with E-state index in [0.717, 1.165) is 11.1 Å². The van der Waals surface area contributed by atoms with Gasteiger partial charge in [-0.05, 0) is 25.0 Å². The minimum atomic E-state index is -1.06. The standard InChI is InChI=1S/C11H12N4O2/c1-7-3-9(5-12-4-7)6-15-8(2)10(11(16)17)13-14-15/h3-5H,6H2,1-2H3,(H,16,17). The molecule has 0 fully saturated rings. The Hall–Kier alpha value is -2.24. The molecule has 0 aliphatic rings. The zero-order valence-corrected chi connectivity index (χ0v) is 9.58. The van der Waals surface area contributed by atoms with Crippen molar-refractivity contribution in [2.24, 2.45) is 0 Å². The van der Waals surface area contributed by atoms with Crippen LogP contribution >= 0.6 is 0 Å². The van der Waals surface area contributed by atoms with Crippen LogP contribution in [-0.4, -0.2) is 31.1 Å². The van der Waals surface area contributed by atoms with E-state index < -0.39 is 5.97 Å². The van der Waals surface area contributed by atoms with E-state index in [1.54, 1.807) is 24.0 Å². The third-order valence-corrected chi connectivity index (χ3v) is 2.45. The van der Waals surface area contributed by atoms with Gasteiger partial charge in [0.05, 0.1) is 12.2 Å². The molecule has 88 valence electrons. The molecule has 1 N–H and O–H groups in total. The highest BCUT2D eigenvalue weighted by Gasteiger charge is 2.14. The highest BCUT2D eigenvalue weighted by atomic mass is 16.4. The lowest BCUT2D eigenvalue weighted by atomic mass is 10.2. The SMILES string of the molecule is Cc1cncc(Cn2nnc(C(=O)O)c2C)c1. The van der Waals surface area contributed by atoms with Crippen molar-refractivity contribution in [3.63, 3.8) is 0 Å². The Kier molecular flexibility index (Phi) is 2.86. The molecule has 6 nitrogen and oxygen atoms in total. The Morgan fingerprint density at radius 1 is 1.41 bits per heavy atom. The fourth-order valence-corrected chi connectivity index (χ4v) is 1.59. The molecule has 6 heteroatoms. The average Bonchev–Trinajstić information content (AvgIpc) is 2.61. The molecule has 0 saturated carbocycles. The molecule has 0 radical (unpaired) electrons. The predicted molar refractivity (Wildman–Crippen MR) is 59.8 cm³/mol. The Labute approximate surface area is 97.9 Å². The van der Waals surface area contributed by atoms with Crippen LogP contribution in [0.3, 0.4) is 0 Å². The second-order valence-corrected chi connectivity index (χ2v) is 3.86. The first-order valence-corrected chi connectivity index (χ1v) is 5.12. The molecule has 0 spiro atoms.